The molecular weight excluding hydrogens is 250 g/mol. The summed E-state index contributed by atoms with van der Waals surface area (Å²) < 4.78 is 10.3. The van der Waals surface area contributed by atoms with Crippen LogP contribution in [0, 0.1) is 11.3 Å². The molecule has 0 N–H and O–H groups in total. The van der Waals surface area contributed by atoms with Gasteiger partial charge in [-0.2, -0.15) is 5.26 Å². The van der Waals surface area contributed by atoms with E-state index >= 15 is 0 Å². The largest absolute Gasteiger partial charge is 0.495 e. The SMILES string of the molecule is COc1ccc(C(C#N)Cc2ccco2)cc1Cl. The maximum Gasteiger partial charge on any atom is 0.137 e. The lowest BCUT2D eigenvalue weighted by molar-refractivity contribution is 0.415. The van der Waals surface area contributed by atoms with Crippen LogP contribution < -0.4 is 4.74 Å². The number of halogens is 1. The van der Waals surface area contributed by atoms with Crippen molar-refractivity contribution in [3.63, 3.8) is 0 Å². The van der Waals surface area contributed by atoms with E-state index in [2.05, 4.69) is 6.07 Å². The molecule has 0 spiro atoms. The predicted octanol–water partition coefficient (Wildman–Crippen LogP) is 3.79. The van der Waals surface area contributed by atoms with Gasteiger partial charge in [-0.15, -0.1) is 0 Å². The summed E-state index contributed by atoms with van der Waals surface area (Å²) in [4.78, 5) is 0. The molecule has 2 aromatic rings. The summed E-state index contributed by atoms with van der Waals surface area (Å²) in [6, 6.07) is 11.3. The van der Waals surface area contributed by atoms with E-state index in [0.717, 1.165) is 11.3 Å². The zero-order chi connectivity index (χ0) is 13.0. The van der Waals surface area contributed by atoms with Gasteiger partial charge in [-0.05, 0) is 29.8 Å². The maximum atomic E-state index is 9.23. The van der Waals surface area contributed by atoms with Crippen molar-refractivity contribution >= 4 is 11.6 Å². The summed E-state index contributed by atoms with van der Waals surface area (Å²) in [5, 5.41) is 9.74. The second-order valence-corrected chi connectivity index (χ2v) is 4.27. The molecule has 2 rings (SSSR count). The van der Waals surface area contributed by atoms with Gasteiger partial charge in [0, 0.05) is 6.42 Å². The number of ether oxygens (including phenoxy) is 1. The van der Waals surface area contributed by atoms with Gasteiger partial charge in [0.2, 0.25) is 0 Å². The van der Waals surface area contributed by atoms with Gasteiger partial charge in [0.15, 0.2) is 0 Å². The fourth-order valence-corrected chi connectivity index (χ4v) is 2.03. The molecule has 0 amide bonds. The van der Waals surface area contributed by atoms with E-state index in [4.69, 9.17) is 20.8 Å². The molecule has 3 nitrogen and oxygen atoms in total. The van der Waals surface area contributed by atoms with Crippen molar-refractivity contribution in [2.75, 3.05) is 7.11 Å². The standard InChI is InChI=1S/C14H12ClNO2/c1-17-14-5-4-10(8-13(14)15)11(9-16)7-12-3-2-6-18-12/h2-6,8,11H,7H2,1H3. The second kappa shape index (κ2) is 5.61. The molecule has 0 radical (unpaired) electrons. The predicted molar refractivity (Wildman–Crippen MR) is 68.8 cm³/mol. The number of hydrogen-bond donors (Lipinski definition) is 0. The lowest BCUT2D eigenvalue weighted by Gasteiger charge is -2.10. The minimum atomic E-state index is -0.278. The third-order valence-corrected chi connectivity index (χ3v) is 3.01. The van der Waals surface area contributed by atoms with E-state index in [-0.39, 0.29) is 5.92 Å². The lowest BCUT2D eigenvalue weighted by atomic mass is 9.96. The Labute approximate surface area is 111 Å². The molecule has 0 aliphatic carbocycles. The van der Waals surface area contributed by atoms with Crippen molar-refractivity contribution in [3.05, 3.63) is 52.9 Å². The van der Waals surface area contributed by atoms with Crippen LogP contribution in [0.5, 0.6) is 5.75 Å². The van der Waals surface area contributed by atoms with E-state index in [1.54, 1.807) is 25.5 Å². The van der Waals surface area contributed by atoms with Crippen molar-refractivity contribution in [2.24, 2.45) is 0 Å². The van der Waals surface area contributed by atoms with E-state index < -0.39 is 0 Å². The smallest absolute Gasteiger partial charge is 0.137 e. The molecule has 0 aliphatic heterocycles. The molecule has 1 atom stereocenters. The van der Waals surface area contributed by atoms with Crippen LogP contribution in [0.4, 0.5) is 0 Å². The van der Waals surface area contributed by atoms with Crippen LogP contribution in [0.15, 0.2) is 41.0 Å². The summed E-state index contributed by atoms with van der Waals surface area (Å²) >= 11 is 6.05. The van der Waals surface area contributed by atoms with E-state index in [1.807, 2.05) is 18.2 Å². The number of rotatable bonds is 4. The third kappa shape index (κ3) is 2.66. The van der Waals surface area contributed by atoms with Gasteiger partial charge in [0.25, 0.3) is 0 Å². The van der Waals surface area contributed by atoms with Crippen molar-refractivity contribution in [1.82, 2.24) is 0 Å². The normalized spacial score (nSPS) is 11.8. The quantitative estimate of drug-likeness (QED) is 0.841. The molecule has 1 heterocycles. The lowest BCUT2D eigenvalue weighted by Crippen LogP contribution is -2.00. The first-order valence-corrected chi connectivity index (χ1v) is 5.88. The highest BCUT2D eigenvalue weighted by atomic mass is 35.5. The zero-order valence-electron chi connectivity index (χ0n) is 9.89. The van der Waals surface area contributed by atoms with E-state index in [0.29, 0.717) is 17.2 Å². The summed E-state index contributed by atoms with van der Waals surface area (Å²) in [7, 11) is 1.56. The fourth-order valence-electron chi connectivity index (χ4n) is 1.77. The molecule has 1 unspecified atom stereocenters. The van der Waals surface area contributed by atoms with Gasteiger partial charge in [-0.3, -0.25) is 0 Å². The van der Waals surface area contributed by atoms with Gasteiger partial charge in [0.05, 0.1) is 30.4 Å². The van der Waals surface area contributed by atoms with Crippen LogP contribution in [-0.4, -0.2) is 7.11 Å². The second-order valence-electron chi connectivity index (χ2n) is 3.86. The minimum absolute atomic E-state index is 0.278. The summed E-state index contributed by atoms with van der Waals surface area (Å²) in [6.07, 6.45) is 2.14. The molecule has 0 aliphatic rings. The Hall–Kier alpha value is -1.92. The molecule has 4 heteroatoms. The van der Waals surface area contributed by atoms with Crippen LogP contribution in [0.3, 0.4) is 0 Å². The van der Waals surface area contributed by atoms with Crippen molar-refractivity contribution in [2.45, 2.75) is 12.3 Å². The Morgan fingerprint density at radius 3 is 2.83 bits per heavy atom. The van der Waals surface area contributed by atoms with Gasteiger partial charge < -0.3 is 9.15 Å². The van der Waals surface area contributed by atoms with Crippen molar-refractivity contribution in [1.29, 1.82) is 5.26 Å². The maximum absolute atomic E-state index is 9.23. The molecule has 1 aromatic heterocycles. The Bertz CT molecular complexity index is 558. The number of nitrogens with zero attached hydrogens (tertiary/aromatic N) is 1. The third-order valence-electron chi connectivity index (χ3n) is 2.72. The molecule has 0 saturated carbocycles. The van der Waals surface area contributed by atoms with Gasteiger partial charge in [0.1, 0.15) is 11.5 Å². The highest BCUT2D eigenvalue weighted by Crippen LogP contribution is 2.29. The van der Waals surface area contributed by atoms with Crippen molar-refractivity contribution < 1.29 is 9.15 Å². The molecule has 0 saturated heterocycles. The van der Waals surface area contributed by atoms with E-state index in [1.165, 1.54) is 0 Å². The Kier molecular flexibility index (Phi) is 3.91. The van der Waals surface area contributed by atoms with Gasteiger partial charge in [-0.25, -0.2) is 0 Å². The first-order chi connectivity index (χ1) is 8.74. The van der Waals surface area contributed by atoms with Gasteiger partial charge in [-0.1, -0.05) is 17.7 Å². The average molecular weight is 262 g/mol. The zero-order valence-corrected chi connectivity index (χ0v) is 10.6. The Balaban J connectivity index is 2.23. The monoisotopic (exact) mass is 261 g/mol. The molecular formula is C14H12ClNO2. The first-order valence-electron chi connectivity index (χ1n) is 5.50. The number of methoxy groups -OCH3 is 1. The topological polar surface area (TPSA) is 46.2 Å². The van der Waals surface area contributed by atoms with Crippen LogP contribution in [0.2, 0.25) is 5.02 Å². The Morgan fingerprint density at radius 2 is 2.28 bits per heavy atom. The number of benzene rings is 1. The average Bonchev–Trinajstić information content (AvgIpc) is 2.88. The number of furan rings is 1. The molecule has 0 bridgehead atoms. The highest BCUT2D eigenvalue weighted by molar-refractivity contribution is 6.32. The Morgan fingerprint density at radius 1 is 1.44 bits per heavy atom. The number of hydrogen-bond acceptors (Lipinski definition) is 3. The van der Waals surface area contributed by atoms with Crippen molar-refractivity contribution in [3.8, 4) is 11.8 Å². The molecule has 92 valence electrons. The minimum Gasteiger partial charge on any atom is -0.495 e. The molecule has 0 fully saturated rings. The van der Waals surface area contributed by atoms with Gasteiger partial charge >= 0.3 is 0 Å². The molecule has 1 aromatic carbocycles. The fraction of sp³-hybridized carbons (Fsp3) is 0.214. The van der Waals surface area contributed by atoms with Crippen LogP contribution >= 0.6 is 11.6 Å². The van der Waals surface area contributed by atoms with Crippen LogP contribution in [-0.2, 0) is 6.42 Å². The highest BCUT2D eigenvalue weighted by Gasteiger charge is 2.14. The summed E-state index contributed by atoms with van der Waals surface area (Å²) in [6.45, 7) is 0. The first kappa shape index (κ1) is 12.5. The summed E-state index contributed by atoms with van der Waals surface area (Å²) in [5.74, 6) is 1.11. The number of nitriles is 1. The van der Waals surface area contributed by atoms with Crippen LogP contribution in [0.25, 0.3) is 0 Å². The molecule has 18 heavy (non-hydrogen) atoms. The van der Waals surface area contributed by atoms with E-state index in [9.17, 15) is 5.26 Å². The van der Waals surface area contributed by atoms with Crippen LogP contribution in [0.1, 0.15) is 17.2 Å². The summed E-state index contributed by atoms with van der Waals surface area (Å²) in [5.41, 5.74) is 0.861.